The summed E-state index contributed by atoms with van der Waals surface area (Å²) in [5.41, 5.74) is 0.869. The van der Waals surface area contributed by atoms with Gasteiger partial charge in [0.15, 0.2) is 0 Å². The molecule has 1 heterocycles. The van der Waals surface area contributed by atoms with Crippen LogP contribution in [0.4, 0.5) is 5.69 Å². The summed E-state index contributed by atoms with van der Waals surface area (Å²) in [6, 6.07) is 6.00. The van der Waals surface area contributed by atoms with Gasteiger partial charge in [0, 0.05) is 19.4 Å². The summed E-state index contributed by atoms with van der Waals surface area (Å²) in [7, 11) is 0. The van der Waals surface area contributed by atoms with Crippen LogP contribution in [0.2, 0.25) is 0 Å². The Hall–Kier alpha value is 0.110. The SMILES string of the molecule is O=C(Nc1cc(I)cc(I)c1)[C@H]1CCOC1. The Morgan fingerprint density at radius 3 is 2.56 bits per heavy atom. The molecule has 1 aromatic rings. The molecule has 1 aromatic carbocycles. The van der Waals surface area contributed by atoms with E-state index in [1.54, 1.807) is 0 Å². The smallest absolute Gasteiger partial charge is 0.229 e. The van der Waals surface area contributed by atoms with E-state index in [2.05, 4.69) is 56.6 Å². The van der Waals surface area contributed by atoms with Gasteiger partial charge in [-0.1, -0.05) is 0 Å². The highest BCUT2D eigenvalue weighted by Crippen LogP contribution is 2.20. The van der Waals surface area contributed by atoms with Crippen LogP contribution in [0.15, 0.2) is 18.2 Å². The van der Waals surface area contributed by atoms with E-state index in [0.717, 1.165) is 19.2 Å². The monoisotopic (exact) mass is 443 g/mol. The maximum absolute atomic E-state index is 11.8. The number of carbonyl (C=O) groups is 1. The summed E-state index contributed by atoms with van der Waals surface area (Å²) >= 11 is 4.49. The molecule has 1 fully saturated rings. The van der Waals surface area contributed by atoms with Crippen LogP contribution in [0.5, 0.6) is 0 Å². The summed E-state index contributed by atoms with van der Waals surface area (Å²) in [6.45, 7) is 1.24. The topological polar surface area (TPSA) is 38.3 Å². The number of benzene rings is 1. The molecule has 0 aliphatic carbocycles. The number of hydrogen-bond donors (Lipinski definition) is 1. The summed E-state index contributed by atoms with van der Waals surface area (Å²) in [4.78, 5) is 11.8. The van der Waals surface area contributed by atoms with Crippen molar-refractivity contribution in [2.45, 2.75) is 6.42 Å². The van der Waals surface area contributed by atoms with E-state index in [9.17, 15) is 4.79 Å². The molecule has 16 heavy (non-hydrogen) atoms. The molecule has 1 atom stereocenters. The van der Waals surface area contributed by atoms with Crippen molar-refractivity contribution in [2.24, 2.45) is 5.92 Å². The molecule has 1 amide bonds. The van der Waals surface area contributed by atoms with Crippen molar-refractivity contribution in [1.82, 2.24) is 0 Å². The molecule has 0 aromatic heterocycles. The number of nitrogens with one attached hydrogen (secondary N) is 1. The average Bonchev–Trinajstić information content (AvgIpc) is 2.68. The molecule has 0 unspecified atom stereocenters. The van der Waals surface area contributed by atoms with Gasteiger partial charge >= 0.3 is 0 Å². The third-order valence-electron chi connectivity index (χ3n) is 2.43. The Bertz CT molecular complexity index is 383. The van der Waals surface area contributed by atoms with Gasteiger partial charge in [-0.2, -0.15) is 0 Å². The Kier molecular flexibility index (Phi) is 4.42. The molecule has 2 rings (SSSR count). The van der Waals surface area contributed by atoms with Gasteiger partial charge in [-0.05, 0) is 69.8 Å². The minimum atomic E-state index is 0.00975. The maximum atomic E-state index is 11.8. The van der Waals surface area contributed by atoms with Crippen LogP contribution in [0, 0.1) is 13.1 Å². The van der Waals surface area contributed by atoms with Gasteiger partial charge in [0.05, 0.1) is 12.5 Å². The van der Waals surface area contributed by atoms with E-state index >= 15 is 0 Å². The molecule has 0 radical (unpaired) electrons. The van der Waals surface area contributed by atoms with Crippen molar-refractivity contribution in [1.29, 1.82) is 0 Å². The zero-order chi connectivity index (χ0) is 11.5. The van der Waals surface area contributed by atoms with E-state index in [4.69, 9.17) is 4.74 Å². The van der Waals surface area contributed by atoms with Crippen LogP contribution in [-0.2, 0) is 9.53 Å². The lowest BCUT2D eigenvalue weighted by Gasteiger charge is -2.10. The summed E-state index contributed by atoms with van der Waals surface area (Å²) in [5, 5.41) is 2.94. The Labute approximate surface area is 122 Å². The molecule has 1 N–H and O–H groups in total. The summed E-state index contributed by atoms with van der Waals surface area (Å²) in [5.74, 6) is 0.0748. The fourth-order valence-corrected chi connectivity index (χ4v) is 3.55. The zero-order valence-corrected chi connectivity index (χ0v) is 12.8. The first-order valence-electron chi connectivity index (χ1n) is 5.00. The number of carbonyl (C=O) groups excluding carboxylic acids is 1. The van der Waals surface area contributed by atoms with Crippen molar-refractivity contribution < 1.29 is 9.53 Å². The molecule has 86 valence electrons. The fraction of sp³-hybridized carbons (Fsp3) is 0.364. The molecule has 0 bridgehead atoms. The number of anilines is 1. The van der Waals surface area contributed by atoms with Gasteiger partial charge in [-0.25, -0.2) is 0 Å². The highest BCUT2D eigenvalue weighted by molar-refractivity contribution is 14.1. The number of amides is 1. The van der Waals surface area contributed by atoms with Gasteiger partial charge < -0.3 is 10.1 Å². The van der Waals surface area contributed by atoms with Crippen LogP contribution in [0.3, 0.4) is 0 Å². The van der Waals surface area contributed by atoms with Gasteiger partial charge in [0.2, 0.25) is 5.91 Å². The van der Waals surface area contributed by atoms with Crippen LogP contribution >= 0.6 is 45.2 Å². The molecule has 5 heteroatoms. The van der Waals surface area contributed by atoms with Gasteiger partial charge in [0.25, 0.3) is 0 Å². The molecular weight excluding hydrogens is 432 g/mol. The van der Waals surface area contributed by atoms with Crippen LogP contribution in [-0.4, -0.2) is 19.1 Å². The molecule has 0 spiro atoms. The molecule has 0 saturated carbocycles. The van der Waals surface area contributed by atoms with Gasteiger partial charge in [-0.3, -0.25) is 4.79 Å². The first kappa shape index (κ1) is 12.6. The van der Waals surface area contributed by atoms with E-state index in [1.807, 2.05) is 12.1 Å². The number of hydrogen-bond acceptors (Lipinski definition) is 2. The van der Waals surface area contributed by atoms with E-state index in [-0.39, 0.29) is 11.8 Å². The third-order valence-corrected chi connectivity index (χ3v) is 3.68. The molecule has 1 aliphatic heterocycles. The van der Waals surface area contributed by atoms with Gasteiger partial charge in [0.1, 0.15) is 0 Å². The predicted molar refractivity (Wildman–Crippen MR) is 79.4 cm³/mol. The Balaban J connectivity index is 2.05. The second-order valence-electron chi connectivity index (χ2n) is 3.71. The normalized spacial score (nSPS) is 19.8. The summed E-state index contributed by atoms with van der Waals surface area (Å²) < 4.78 is 7.45. The first-order chi connectivity index (χ1) is 7.65. The minimum absolute atomic E-state index is 0.00975. The maximum Gasteiger partial charge on any atom is 0.229 e. The fourth-order valence-electron chi connectivity index (χ4n) is 1.61. The molecular formula is C11H11I2NO2. The highest BCUT2D eigenvalue weighted by Gasteiger charge is 2.23. The van der Waals surface area contributed by atoms with Crippen LogP contribution < -0.4 is 5.32 Å². The average molecular weight is 443 g/mol. The van der Waals surface area contributed by atoms with Crippen LogP contribution in [0.1, 0.15) is 6.42 Å². The quantitative estimate of drug-likeness (QED) is 0.715. The third kappa shape index (κ3) is 3.30. The van der Waals surface area contributed by atoms with Gasteiger partial charge in [-0.15, -0.1) is 0 Å². The van der Waals surface area contributed by atoms with Crippen LogP contribution in [0.25, 0.3) is 0 Å². The summed E-state index contributed by atoms with van der Waals surface area (Å²) in [6.07, 6.45) is 0.826. The first-order valence-corrected chi connectivity index (χ1v) is 7.15. The van der Waals surface area contributed by atoms with E-state index in [1.165, 1.54) is 0 Å². The lowest BCUT2D eigenvalue weighted by molar-refractivity contribution is -0.119. The number of rotatable bonds is 2. The van der Waals surface area contributed by atoms with Crippen molar-refractivity contribution >= 4 is 56.8 Å². The molecule has 1 aliphatic rings. The predicted octanol–water partition coefficient (Wildman–Crippen LogP) is 2.87. The number of halogens is 2. The molecule has 1 saturated heterocycles. The van der Waals surface area contributed by atoms with E-state index in [0.29, 0.717) is 13.2 Å². The number of ether oxygens (including phenoxy) is 1. The highest BCUT2D eigenvalue weighted by atomic mass is 127. The standard InChI is InChI=1S/C11H11I2NO2/c12-8-3-9(13)5-10(4-8)14-11(15)7-1-2-16-6-7/h3-5,7H,1-2,6H2,(H,14,15)/t7-/m0/s1. The zero-order valence-electron chi connectivity index (χ0n) is 8.50. The minimum Gasteiger partial charge on any atom is -0.381 e. The Morgan fingerprint density at radius 1 is 1.31 bits per heavy atom. The van der Waals surface area contributed by atoms with Crippen molar-refractivity contribution in [3.8, 4) is 0 Å². The van der Waals surface area contributed by atoms with E-state index < -0.39 is 0 Å². The lowest BCUT2D eigenvalue weighted by atomic mass is 10.1. The molecule has 3 nitrogen and oxygen atoms in total. The largest absolute Gasteiger partial charge is 0.381 e. The second-order valence-corrected chi connectivity index (χ2v) is 6.20. The van der Waals surface area contributed by atoms with Crippen molar-refractivity contribution in [2.75, 3.05) is 18.5 Å². The Morgan fingerprint density at radius 2 is 2.00 bits per heavy atom. The van der Waals surface area contributed by atoms with Crippen molar-refractivity contribution in [3.05, 3.63) is 25.3 Å². The van der Waals surface area contributed by atoms with Crippen molar-refractivity contribution in [3.63, 3.8) is 0 Å². The second kappa shape index (κ2) is 5.63. The lowest BCUT2D eigenvalue weighted by Crippen LogP contribution is -2.22.